The number of halogens is 2. The van der Waals surface area contributed by atoms with Crippen molar-refractivity contribution in [3.8, 4) is 17.0 Å². The number of ether oxygens (including phenoxy) is 1. The molecule has 0 spiro atoms. The van der Waals surface area contributed by atoms with E-state index in [0.717, 1.165) is 30.2 Å². The van der Waals surface area contributed by atoms with Gasteiger partial charge in [-0.2, -0.15) is 5.10 Å². The Morgan fingerprint density at radius 1 is 1.21 bits per heavy atom. The Labute approximate surface area is 189 Å². The van der Waals surface area contributed by atoms with Gasteiger partial charge in [0.1, 0.15) is 22.8 Å². The lowest BCUT2D eigenvalue weighted by Crippen LogP contribution is -2.53. The number of carbonyl (C=O) groups is 2. The van der Waals surface area contributed by atoms with Gasteiger partial charge in [-0.3, -0.25) is 9.59 Å². The topological polar surface area (TPSA) is 76.8 Å². The molecule has 0 bridgehead atoms. The summed E-state index contributed by atoms with van der Waals surface area (Å²) in [6, 6.07) is 8.11. The first-order chi connectivity index (χ1) is 16.0. The number of rotatable bonds is 4. The first-order valence-corrected chi connectivity index (χ1v) is 11.1. The highest BCUT2D eigenvalue weighted by Crippen LogP contribution is 2.36. The summed E-state index contributed by atoms with van der Waals surface area (Å²) in [4.78, 5) is 32.3. The zero-order valence-corrected chi connectivity index (χ0v) is 18.2. The molecule has 5 rings (SSSR count). The first-order valence-electron chi connectivity index (χ1n) is 11.1. The number of piperidine rings is 1. The quantitative estimate of drug-likeness (QED) is 0.587. The van der Waals surface area contributed by atoms with Gasteiger partial charge in [0.05, 0.1) is 19.0 Å². The smallest absolute Gasteiger partial charge is 0.280 e. The van der Waals surface area contributed by atoms with E-state index < -0.39 is 6.43 Å². The third-order valence-electron chi connectivity index (χ3n) is 6.74. The molecule has 9 heteroatoms. The van der Waals surface area contributed by atoms with Crippen LogP contribution in [0.4, 0.5) is 8.78 Å². The third-order valence-corrected chi connectivity index (χ3v) is 6.74. The van der Waals surface area contributed by atoms with Gasteiger partial charge in [0, 0.05) is 30.5 Å². The maximum Gasteiger partial charge on any atom is 0.280 e. The van der Waals surface area contributed by atoms with Crippen LogP contribution in [0.15, 0.2) is 36.5 Å². The zero-order chi connectivity index (χ0) is 23.1. The molecule has 1 saturated carbocycles. The molecule has 2 atom stereocenters. The van der Waals surface area contributed by atoms with E-state index in [1.165, 1.54) is 19.4 Å². The molecule has 0 N–H and O–H groups in total. The molecular weight excluding hydrogens is 430 g/mol. The fraction of sp³-hybridized carbons (Fsp3) is 0.417. The molecular formula is C24H24F2N4O3. The highest BCUT2D eigenvalue weighted by Gasteiger charge is 2.41. The maximum atomic E-state index is 14.0. The molecule has 2 unspecified atom stereocenters. The number of likely N-dealkylation sites (tertiary alicyclic amines) is 1. The summed E-state index contributed by atoms with van der Waals surface area (Å²) in [5, 5.41) is 4.08. The lowest BCUT2D eigenvalue weighted by atomic mass is 9.77. The predicted octanol–water partition coefficient (Wildman–Crippen LogP) is 4.32. The molecule has 33 heavy (non-hydrogen) atoms. The number of benzene rings is 1. The lowest BCUT2D eigenvalue weighted by Gasteiger charge is -2.43. The number of aromatic nitrogens is 3. The van der Waals surface area contributed by atoms with E-state index in [2.05, 4.69) is 10.1 Å². The fourth-order valence-corrected chi connectivity index (χ4v) is 5.14. The number of nitrogens with zero attached hydrogens (tertiary/aromatic N) is 4. The van der Waals surface area contributed by atoms with E-state index in [1.807, 2.05) is 0 Å². The minimum atomic E-state index is -2.82. The SMILES string of the molecule is COc1ccccc1-c1cc(C(F)F)n2ncc(C(=O)N3CCC(=O)C4CCCCC43)c2n1. The summed E-state index contributed by atoms with van der Waals surface area (Å²) < 4.78 is 34.3. The average Bonchev–Trinajstić information content (AvgIpc) is 3.27. The van der Waals surface area contributed by atoms with E-state index in [-0.39, 0.29) is 46.2 Å². The summed E-state index contributed by atoms with van der Waals surface area (Å²) in [6.45, 7) is 0.323. The van der Waals surface area contributed by atoms with Crippen molar-refractivity contribution in [1.29, 1.82) is 0 Å². The van der Waals surface area contributed by atoms with Gasteiger partial charge >= 0.3 is 0 Å². The monoisotopic (exact) mass is 454 g/mol. The number of carbonyl (C=O) groups excluding carboxylic acids is 2. The normalized spacial score (nSPS) is 20.8. The molecule has 1 saturated heterocycles. The summed E-state index contributed by atoms with van der Waals surface area (Å²) in [5.41, 5.74) is 0.689. The van der Waals surface area contributed by atoms with Crippen LogP contribution in [-0.2, 0) is 4.79 Å². The minimum absolute atomic E-state index is 0.0722. The van der Waals surface area contributed by atoms with Crippen molar-refractivity contribution in [3.05, 3.63) is 47.8 Å². The van der Waals surface area contributed by atoms with Crippen molar-refractivity contribution >= 4 is 17.3 Å². The Kier molecular flexibility index (Phi) is 5.55. The van der Waals surface area contributed by atoms with Crippen molar-refractivity contribution in [3.63, 3.8) is 0 Å². The van der Waals surface area contributed by atoms with Crippen molar-refractivity contribution in [2.45, 2.75) is 44.6 Å². The molecule has 7 nitrogen and oxygen atoms in total. The van der Waals surface area contributed by atoms with Crippen molar-refractivity contribution in [1.82, 2.24) is 19.5 Å². The van der Waals surface area contributed by atoms with E-state index in [0.29, 0.717) is 24.3 Å². The summed E-state index contributed by atoms with van der Waals surface area (Å²) >= 11 is 0. The molecule has 1 aliphatic heterocycles. The summed E-state index contributed by atoms with van der Waals surface area (Å²) in [5.74, 6) is 0.230. The number of ketones is 1. The van der Waals surface area contributed by atoms with Crippen LogP contribution in [-0.4, -0.2) is 50.9 Å². The standard InChI is InChI=1S/C24H24F2N4O3/c1-33-21-9-5-3-6-14(21)17-12-19(22(25)26)30-23(28-17)16(13-27-30)24(32)29-11-10-20(31)15-7-2-4-8-18(15)29/h3,5-6,9,12-13,15,18,22H,2,4,7-8,10-11H2,1H3. The van der Waals surface area contributed by atoms with Gasteiger partial charge in [-0.1, -0.05) is 25.0 Å². The van der Waals surface area contributed by atoms with Gasteiger partial charge < -0.3 is 9.64 Å². The highest BCUT2D eigenvalue weighted by molar-refractivity contribution is 6.01. The highest BCUT2D eigenvalue weighted by atomic mass is 19.3. The van der Waals surface area contributed by atoms with Crippen LogP contribution >= 0.6 is 0 Å². The molecule has 1 aromatic carbocycles. The first kappa shape index (κ1) is 21.5. The van der Waals surface area contributed by atoms with Crippen molar-refractivity contribution in [2.75, 3.05) is 13.7 Å². The Hall–Kier alpha value is -3.36. The summed E-state index contributed by atoms with van der Waals surface area (Å²) in [6.07, 6.45) is 2.29. The van der Waals surface area contributed by atoms with E-state index >= 15 is 0 Å². The van der Waals surface area contributed by atoms with Crippen LogP contribution in [0, 0.1) is 5.92 Å². The van der Waals surface area contributed by atoms with Gasteiger partial charge in [0.15, 0.2) is 5.65 Å². The molecule has 2 aromatic heterocycles. The minimum Gasteiger partial charge on any atom is -0.496 e. The van der Waals surface area contributed by atoms with Gasteiger partial charge in [-0.15, -0.1) is 0 Å². The Morgan fingerprint density at radius 3 is 2.79 bits per heavy atom. The Bertz CT molecular complexity index is 1230. The molecule has 1 aliphatic carbocycles. The third kappa shape index (κ3) is 3.65. The second kappa shape index (κ2) is 8.53. The van der Waals surface area contributed by atoms with Crippen molar-refractivity contribution in [2.24, 2.45) is 5.92 Å². The second-order valence-electron chi connectivity index (χ2n) is 8.53. The lowest BCUT2D eigenvalue weighted by molar-refractivity contribution is -0.129. The number of Topliss-reactive ketones (excluding diaryl/α,β-unsaturated/α-hetero) is 1. The number of methoxy groups -OCH3 is 1. The van der Waals surface area contributed by atoms with Gasteiger partial charge in [0.25, 0.3) is 12.3 Å². The molecule has 2 aliphatic rings. The van der Waals surface area contributed by atoms with Gasteiger partial charge in [-0.05, 0) is 31.0 Å². The maximum absolute atomic E-state index is 14.0. The average molecular weight is 454 g/mol. The number of fused-ring (bicyclic) bond motifs is 2. The van der Waals surface area contributed by atoms with E-state index in [1.54, 1.807) is 29.2 Å². The predicted molar refractivity (Wildman–Crippen MR) is 116 cm³/mol. The van der Waals surface area contributed by atoms with Crippen LogP contribution in [0.3, 0.4) is 0 Å². The Morgan fingerprint density at radius 2 is 2.00 bits per heavy atom. The van der Waals surface area contributed by atoms with Crippen LogP contribution in [0.1, 0.15) is 54.6 Å². The molecule has 3 heterocycles. The molecule has 3 aromatic rings. The second-order valence-corrected chi connectivity index (χ2v) is 8.53. The fourth-order valence-electron chi connectivity index (χ4n) is 5.14. The molecule has 2 fully saturated rings. The number of amides is 1. The van der Waals surface area contributed by atoms with Crippen molar-refractivity contribution < 1.29 is 23.1 Å². The van der Waals surface area contributed by atoms with Gasteiger partial charge in [-0.25, -0.2) is 18.3 Å². The number of hydrogen-bond donors (Lipinski definition) is 0. The zero-order valence-electron chi connectivity index (χ0n) is 18.2. The van der Waals surface area contributed by atoms with Crippen LogP contribution in [0.2, 0.25) is 0 Å². The van der Waals surface area contributed by atoms with E-state index in [4.69, 9.17) is 4.74 Å². The van der Waals surface area contributed by atoms with E-state index in [9.17, 15) is 18.4 Å². The van der Waals surface area contributed by atoms with Crippen LogP contribution in [0.25, 0.3) is 16.9 Å². The molecule has 172 valence electrons. The number of alkyl halides is 2. The summed E-state index contributed by atoms with van der Waals surface area (Å²) in [7, 11) is 1.50. The molecule has 1 amide bonds. The molecule has 0 radical (unpaired) electrons. The van der Waals surface area contributed by atoms with Gasteiger partial charge in [0.2, 0.25) is 0 Å². The Balaban J connectivity index is 1.61. The van der Waals surface area contributed by atoms with Crippen LogP contribution < -0.4 is 4.74 Å². The number of hydrogen-bond acceptors (Lipinski definition) is 5. The largest absolute Gasteiger partial charge is 0.496 e. The number of para-hydroxylation sites is 1. The van der Waals surface area contributed by atoms with Crippen LogP contribution in [0.5, 0.6) is 5.75 Å².